The van der Waals surface area contributed by atoms with Crippen LogP contribution >= 0.6 is 0 Å². The fourth-order valence-corrected chi connectivity index (χ4v) is 2.22. The molecule has 2 aliphatic rings. The number of carbonyl (C=O) groups is 1. The van der Waals surface area contributed by atoms with E-state index < -0.39 is 0 Å². The van der Waals surface area contributed by atoms with Gasteiger partial charge in [0.15, 0.2) is 0 Å². The summed E-state index contributed by atoms with van der Waals surface area (Å²) in [5.74, 6) is 0.583. The number of nitrogens with zero attached hydrogens (tertiary/aromatic N) is 1. The topological polar surface area (TPSA) is 32.3 Å². The first-order valence-corrected chi connectivity index (χ1v) is 5.45. The van der Waals surface area contributed by atoms with E-state index in [9.17, 15) is 4.79 Å². The molecule has 3 nitrogen and oxygen atoms in total. The lowest BCUT2D eigenvalue weighted by atomic mass is 10.0. The van der Waals surface area contributed by atoms with Gasteiger partial charge in [-0.05, 0) is 19.8 Å². The zero-order chi connectivity index (χ0) is 9.97. The summed E-state index contributed by atoms with van der Waals surface area (Å²) in [6.07, 6.45) is 6.12. The summed E-state index contributed by atoms with van der Waals surface area (Å²) >= 11 is 0. The van der Waals surface area contributed by atoms with Crippen LogP contribution in [0.15, 0.2) is 12.2 Å². The van der Waals surface area contributed by atoms with E-state index in [0.717, 1.165) is 32.5 Å². The van der Waals surface area contributed by atoms with E-state index >= 15 is 0 Å². The van der Waals surface area contributed by atoms with Crippen molar-refractivity contribution in [3.05, 3.63) is 12.2 Å². The number of carbonyl (C=O) groups excluding carboxylic acids is 1. The Kier molecular flexibility index (Phi) is 2.87. The van der Waals surface area contributed by atoms with E-state index in [1.54, 1.807) is 0 Å². The highest BCUT2D eigenvalue weighted by atomic mass is 16.2. The molecular weight excluding hydrogens is 176 g/mol. The van der Waals surface area contributed by atoms with Gasteiger partial charge in [-0.25, -0.2) is 0 Å². The maximum Gasteiger partial charge on any atom is 0.226 e. The van der Waals surface area contributed by atoms with E-state index in [-0.39, 0.29) is 5.92 Å². The first-order valence-electron chi connectivity index (χ1n) is 5.45. The zero-order valence-electron chi connectivity index (χ0n) is 8.70. The number of allylic oxidation sites excluding steroid dienone is 2. The monoisotopic (exact) mass is 194 g/mol. The van der Waals surface area contributed by atoms with E-state index in [1.165, 1.54) is 0 Å². The van der Waals surface area contributed by atoms with Gasteiger partial charge in [-0.15, -0.1) is 0 Å². The highest BCUT2D eigenvalue weighted by Gasteiger charge is 2.29. The molecule has 14 heavy (non-hydrogen) atoms. The summed E-state index contributed by atoms with van der Waals surface area (Å²) < 4.78 is 0. The second kappa shape index (κ2) is 4.13. The summed E-state index contributed by atoms with van der Waals surface area (Å²) in [7, 11) is 0. The zero-order valence-corrected chi connectivity index (χ0v) is 8.70. The van der Waals surface area contributed by atoms with Crippen molar-refractivity contribution >= 4 is 5.91 Å². The molecule has 1 N–H and O–H groups in total. The molecule has 0 bridgehead atoms. The number of hydrogen-bond donors (Lipinski definition) is 1. The highest BCUT2D eigenvalue weighted by molar-refractivity contribution is 5.80. The second-order valence-electron chi connectivity index (χ2n) is 4.22. The van der Waals surface area contributed by atoms with Crippen LogP contribution in [0.5, 0.6) is 0 Å². The fourth-order valence-electron chi connectivity index (χ4n) is 2.22. The molecule has 0 spiro atoms. The SMILES string of the molecule is CC1CNCCN1C(=O)C1CC=CC1. The Morgan fingerprint density at radius 2 is 2.14 bits per heavy atom. The Balaban J connectivity index is 1.95. The molecular formula is C11H18N2O. The first kappa shape index (κ1) is 9.71. The molecule has 1 unspecified atom stereocenters. The average Bonchev–Trinajstić information content (AvgIpc) is 2.70. The Bertz CT molecular complexity index is 242. The van der Waals surface area contributed by atoms with Crippen molar-refractivity contribution < 1.29 is 4.79 Å². The molecule has 1 atom stereocenters. The van der Waals surface area contributed by atoms with Crippen molar-refractivity contribution in [3.63, 3.8) is 0 Å². The molecule has 1 amide bonds. The lowest BCUT2D eigenvalue weighted by Gasteiger charge is -2.35. The summed E-state index contributed by atoms with van der Waals surface area (Å²) in [6, 6.07) is 0.358. The van der Waals surface area contributed by atoms with Crippen LogP contribution in [-0.4, -0.2) is 36.5 Å². The molecule has 0 aromatic carbocycles. The molecule has 1 aliphatic carbocycles. The van der Waals surface area contributed by atoms with Crippen LogP contribution < -0.4 is 5.32 Å². The van der Waals surface area contributed by atoms with Crippen molar-refractivity contribution in [2.24, 2.45) is 5.92 Å². The van der Waals surface area contributed by atoms with E-state index in [4.69, 9.17) is 0 Å². The van der Waals surface area contributed by atoms with Crippen molar-refractivity contribution in [2.45, 2.75) is 25.8 Å². The third-order valence-electron chi connectivity index (χ3n) is 3.14. The van der Waals surface area contributed by atoms with Gasteiger partial charge in [-0.2, -0.15) is 0 Å². The molecule has 3 heteroatoms. The fraction of sp³-hybridized carbons (Fsp3) is 0.727. The second-order valence-corrected chi connectivity index (χ2v) is 4.22. The predicted molar refractivity (Wildman–Crippen MR) is 55.9 cm³/mol. The molecule has 78 valence electrons. The van der Waals surface area contributed by atoms with Gasteiger partial charge in [-0.1, -0.05) is 12.2 Å². The Hall–Kier alpha value is -0.830. The average molecular weight is 194 g/mol. The van der Waals surface area contributed by atoms with E-state index in [2.05, 4.69) is 24.4 Å². The number of nitrogens with one attached hydrogen (secondary N) is 1. The first-order chi connectivity index (χ1) is 6.79. The van der Waals surface area contributed by atoms with Crippen LogP contribution in [0.2, 0.25) is 0 Å². The molecule has 2 rings (SSSR count). The van der Waals surface area contributed by atoms with Crippen LogP contribution in [0.3, 0.4) is 0 Å². The minimum atomic E-state index is 0.232. The van der Waals surface area contributed by atoms with Crippen LogP contribution in [0.4, 0.5) is 0 Å². The maximum absolute atomic E-state index is 12.1. The van der Waals surface area contributed by atoms with Crippen LogP contribution in [0.25, 0.3) is 0 Å². The van der Waals surface area contributed by atoms with E-state index in [0.29, 0.717) is 11.9 Å². The van der Waals surface area contributed by atoms with E-state index in [1.807, 2.05) is 4.90 Å². The van der Waals surface area contributed by atoms with Gasteiger partial charge in [0.25, 0.3) is 0 Å². The lowest BCUT2D eigenvalue weighted by Crippen LogP contribution is -2.53. The number of piperazine rings is 1. The Morgan fingerprint density at radius 3 is 2.79 bits per heavy atom. The lowest BCUT2D eigenvalue weighted by molar-refractivity contribution is -0.138. The predicted octanol–water partition coefficient (Wildman–Crippen LogP) is 0.773. The van der Waals surface area contributed by atoms with Crippen molar-refractivity contribution in [3.8, 4) is 0 Å². The van der Waals surface area contributed by atoms with Crippen LogP contribution in [-0.2, 0) is 4.79 Å². The smallest absolute Gasteiger partial charge is 0.226 e. The van der Waals surface area contributed by atoms with Crippen LogP contribution in [0, 0.1) is 5.92 Å². The van der Waals surface area contributed by atoms with Crippen molar-refractivity contribution in [1.82, 2.24) is 10.2 Å². The molecule has 1 saturated heterocycles. The molecule has 0 saturated carbocycles. The Morgan fingerprint density at radius 1 is 1.43 bits per heavy atom. The normalized spacial score (nSPS) is 28.4. The summed E-state index contributed by atoms with van der Waals surface area (Å²) in [4.78, 5) is 14.1. The van der Waals surface area contributed by atoms with Gasteiger partial charge < -0.3 is 10.2 Å². The number of rotatable bonds is 1. The molecule has 0 aromatic heterocycles. The summed E-state index contributed by atoms with van der Waals surface area (Å²) in [5, 5.41) is 3.30. The highest BCUT2D eigenvalue weighted by Crippen LogP contribution is 2.21. The van der Waals surface area contributed by atoms with Gasteiger partial charge >= 0.3 is 0 Å². The third-order valence-corrected chi connectivity index (χ3v) is 3.14. The molecule has 1 fully saturated rings. The maximum atomic E-state index is 12.1. The van der Waals surface area contributed by atoms with Gasteiger partial charge in [-0.3, -0.25) is 4.79 Å². The Labute approximate surface area is 85.2 Å². The number of amides is 1. The third kappa shape index (κ3) is 1.82. The summed E-state index contributed by atoms with van der Waals surface area (Å²) in [5.41, 5.74) is 0. The molecule has 1 aliphatic heterocycles. The number of hydrogen-bond acceptors (Lipinski definition) is 2. The van der Waals surface area contributed by atoms with Crippen molar-refractivity contribution in [1.29, 1.82) is 0 Å². The van der Waals surface area contributed by atoms with Gasteiger partial charge in [0.05, 0.1) is 0 Å². The molecule has 0 radical (unpaired) electrons. The van der Waals surface area contributed by atoms with Crippen LogP contribution in [0.1, 0.15) is 19.8 Å². The largest absolute Gasteiger partial charge is 0.337 e. The van der Waals surface area contributed by atoms with Crippen molar-refractivity contribution in [2.75, 3.05) is 19.6 Å². The molecule has 1 heterocycles. The van der Waals surface area contributed by atoms with Gasteiger partial charge in [0.2, 0.25) is 5.91 Å². The minimum Gasteiger partial charge on any atom is -0.337 e. The minimum absolute atomic E-state index is 0.232. The van der Waals surface area contributed by atoms with Gasteiger partial charge in [0.1, 0.15) is 0 Å². The van der Waals surface area contributed by atoms with Gasteiger partial charge in [0, 0.05) is 31.6 Å². The summed E-state index contributed by atoms with van der Waals surface area (Å²) in [6.45, 7) is 4.87. The standard InChI is InChI=1S/C11H18N2O/c1-9-8-12-6-7-13(9)11(14)10-4-2-3-5-10/h2-3,9-10,12H,4-8H2,1H3. The molecule has 0 aromatic rings. The quantitative estimate of drug-likeness (QED) is 0.625.